The monoisotopic (exact) mass is 421 g/mol. The summed E-state index contributed by atoms with van der Waals surface area (Å²) in [5.74, 6) is 1.42. The molecule has 1 N–H and O–H groups in total. The van der Waals surface area contributed by atoms with Crippen molar-refractivity contribution < 1.29 is 13.2 Å². The van der Waals surface area contributed by atoms with Crippen LogP contribution in [0.5, 0.6) is 11.6 Å². The van der Waals surface area contributed by atoms with Gasteiger partial charge in [0.15, 0.2) is 5.82 Å². The molecule has 0 saturated heterocycles. The predicted molar refractivity (Wildman–Crippen MR) is 112 cm³/mol. The maximum absolute atomic E-state index is 12.4. The van der Waals surface area contributed by atoms with E-state index in [-0.39, 0.29) is 4.90 Å². The second-order valence-electron chi connectivity index (χ2n) is 6.61. The van der Waals surface area contributed by atoms with E-state index in [9.17, 15) is 8.42 Å². The first-order valence-electron chi connectivity index (χ1n) is 9.14. The number of nitrogens with zero attached hydrogens (tertiary/aromatic N) is 4. The number of sulfonamides is 1. The zero-order valence-electron chi connectivity index (χ0n) is 16.4. The van der Waals surface area contributed by atoms with E-state index in [1.807, 2.05) is 19.9 Å². The molecule has 0 saturated carbocycles. The molecule has 0 unspecified atom stereocenters. The molecule has 0 aliphatic carbocycles. The number of hydrogen-bond donors (Lipinski definition) is 1. The molecule has 0 radical (unpaired) electrons. The highest BCUT2D eigenvalue weighted by molar-refractivity contribution is 7.92. The maximum Gasteiger partial charge on any atom is 0.261 e. The summed E-state index contributed by atoms with van der Waals surface area (Å²) in [7, 11) is -3.64. The van der Waals surface area contributed by atoms with E-state index in [1.165, 1.54) is 12.1 Å². The van der Waals surface area contributed by atoms with Crippen molar-refractivity contribution in [2.75, 3.05) is 4.72 Å². The van der Waals surface area contributed by atoms with Gasteiger partial charge < -0.3 is 4.74 Å². The van der Waals surface area contributed by atoms with Crippen LogP contribution in [0.15, 0.2) is 77.7 Å². The Bertz CT molecular complexity index is 1250. The minimum absolute atomic E-state index is 0.198. The third-order valence-corrected chi connectivity index (χ3v) is 5.63. The highest BCUT2D eigenvalue weighted by Gasteiger charge is 2.13. The van der Waals surface area contributed by atoms with Gasteiger partial charge in [-0.3, -0.25) is 4.72 Å². The molecule has 4 aromatic rings. The molecular weight excluding hydrogens is 402 g/mol. The second kappa shape index (κ2) is 7.96. The minimum Gasteiger partial charge on any atom is -0.438 e. The zero-order chi connectivity index (χ0) is 21.1. The summed E-state index contributed by atoms with van der Waals surface area (Å²) >= 11 is 0. The van der Waals surface area contributed by atoms with Crippen molar-refractivity contribution in [2.24, 2.45) is 0 Å². The van der Waals surface area contributed by atoms with Crippen molar-refractivity contribution in [2.45, 2.75) is 18.7 Å². The Morgan fingerprint density at radius 2 is 1.63 bits per heavy atom. The number of aryl methyl sites for hydroxylation is 2. The topological polar surface area (TPSA) is 99.0 Å². The highest BCUT2D eigenvalue weighted by atomic mass is 32.2. The van der Waals surface area contributed by atoms with E-state index in [1.54, 1.807) is 59.3 Å². The molecule has 9 heteroatoms. The van der Waals surface area contributed by atoms with Gasteiger partial charge in [-0.1, -0.05) is 18.2 Å². The lowest BCUT2D eigenvalue weighted by atomic mass is 10.3. The molecule has 0 bridgehead atoms. The van der Waals surface area contributed by atoms with Crippen LogP contribution in [-0.2, 0) is 10.0 Å². The number of benzene rings is 2. The number of rotatable bonds is 6. The summed E-state index contributed by atoms with van der Waals surface area (Å²) in [6.07, 6.45) is 0. The van der Waals surface area contributed by atoms with Gasteiger partial charge in [0.05, 0.1) is 10.6 Å². The number of hydrogen-bond acceptors (Lipinski definition) is 6. The molecule has 2 aromatic heterocycles. The number of ether oxygens (including phenoxy) is 1. The van der Waals surface area contributed by atoms with Gasteiger partial charge in [0, 0.05) is 17.4 Å². The van der Waals surface area contributed by atoms with E-state index in [4.69, 9.17) is 4.74 Å². The van der Waals surface area contributed by atoms with Gasteiger partial charge in [0.2, 0.25) is 5.88 Å². The third kappa shape index (κ3) is 4.31. The summed E-state index contributed by atoms with van der Waals surface area (Å²) in [5, 5.41) is 12.6. The number of anilines is 1. The smallest absolute Gasteiger partial charge is 0.261 e. The van der Waals surface area contributed by atoms with Gasteiger partial charge in [-0.15, -0.1) is 10.2 Å². The average molecular weight is 421 g/mol. The van der Waals surface area contributed by atoms with Crippen LogP contribution in [0.25, 0.3) is 5.82 Å². The fourth-order valence-electron chi connectivity index (χ4n) is 2.87. The summed E-state index contributed by atoms with van der Waals surface area (Å²) < 4.78 is 34.7. The van der Waals surface area contributed by atoms with Crippen molar-refractivity contribution in [3.8, 4) is 17.4 Å². The predicted octanol–water partition coefficient (Wildman–Crippen LogP) is 3.87. The van der Waals surface area contributed by atoms with Crippen LogP contribution in [0.2, 0.25) is 0 Å². The fraction of sp³-hybridized carbons (Fsp3) is 0.0952. The molecule has 2 heterocycles. The Labute approximate surface area is 174 Å². The van der Waals surface area contributed by atoms with Crippen LogP contribution in [0.4, 0.5) is 5.69 Å². The van der Waals surface area contributed by atoms with Gasteiger partial charge >= 0.3 is 0 Å². The van der Waals surface area contributed by atoms with Crippen molar-refractivity contribution in [3.63, 3.8) is 0 Å². The van der Waals surface area contributed by atoms with Gasteiger partial charge in [-0.05, 0) is 62.4 Å². The summed E-state index contributed by atoms with van der Waals surface area (Å²) in [6, 6.07) is 20.1. The largest absolute Gasteiger partial charge is 0.438 e. The lowest BCUT2D eigenvalue weighted by Gasteiger charge is -2.09. The van der Waals surface area contributed by atoms with Crippen LogP contribution in [0.3, 0.4) is 0 Å². The van der Waals surface area contributed by atoms with Crippen LogP contribution in [-0.4, -0.2) is 28.4 Å². The first-order chi connectivity index (χ1) is 14.4. The Morgan fingerprint density at radius 1 is 0.900 bits per heavy atom. The Balaban J connectivity index is 1.44. The zero-order valence-corrected chi connectivity index (χ0v) is 17.2. The van der Waals surface area contributed by atoms with Gasteiger partial charge in [0.1, 0.15) is 5.75 Å². The van der Waals surface area contributed by atoms with Crippen LogP contribution >= 0.6 is 0 Å². The van der Waals surface area contributed by atoms with E-state index in [0.29, 0.717) is 23.1 Å². The fourth-order valence-corrected chi connectivity index (χ4v) is 3.95. The van der Waals surface area contributed by atoms with Crippen molar-refractivity contribution in [1.29, 1.82) is 0 Å². The van der Waals surface area contributed by atoms with Crippen molar-refractivity contribution in [3.05, 3.63) is 84.2 Å². The third-order valence-electron chi connectivity index (χ3n) is 4.24. The molecule has 30 heavy (non-hydrogen) atoms. The van der Waals surface area contributed by atoms with E-state index < -0.39 is 10.0 Å². The number of nitrogens with one attached hydrogen (secondary N) is 1. The molecule has 2 aromatic carbocycles. The Morgan fingerprint density at radius 3 is 2.23 bits per heavy atom. The highest BCUT2D eigenvalue weighted by Crippen LogP contribution is 2.23. The summed E-state index contributed by atoms with van der Waals surface area (Å²) in [6.45, 7) is 3.86. The molecule has 0 aliphatic heterocycles. The standard InChI is InChI=1S/C21H19N5O3S/c1-15-14-16(2)26(24-15)20-12-13-21(23-22-20)29-18-10-8-17(9-11-18)25-30(27,28)19-6-4-3-5-7-19/h3-14,25H,1-2H3. The molecule has 0 amide bonds. The van der Waals surface area contributed by atoms with Crippen LogP contribution in [0, 0.1) is 13.8 Å². The van der Waals surface area contributed by atoms with Crippen molar-refractivity contribution >= 4 is 15.7 Å². The van der Waals surface area contributed by atoms with Crippen LogP contribution < -0.4 is 9.46 Å². The summed E-state index contributed by atoms with van der Waals surface area (Å²) in [4.78, 5) is 0.198. The molecule has 0 atom stereocenters. The SMILES string of the molecule is Cc1cc(C)n(-c2ccc(Oc3ccc(NS(=O)(=O)c4ccccc4)cc3)nn2)n1. The lowest BCUT2D eigenvalue weighted by molar-refractivity contribution is 0.454. The molecule has 0 spiro atoms. The maximum atomic E-state index is 12.4. The molecule has 8 nitrogen and oxygen atoms in total. The van der Waals surface area contributed by atoms with Crippen molar-refractivity contribution in [1.82, 2.24) is 20.0 Å². The molecular formula is C21H19N5O3S. The molecule has 0 aliphatic rings. The van der Waals surface area contributed by atoms with Gasteiger partial charge in [-0.2, -0.15) is 5.10 Å². The lowest BCUT2D eigenvalue weighted by Crippen LogP contribution is -2.12. The molecule has 152 valence electrons. The Kier molecular flexibility index (Phi) is 5.20. The first-order valence-corrected chi connectivity index (χ1v) is 10.6. The quantitative estimate of drug-likeness (QED) is 0.507. The van der Waals surface area contributed by atoms with Gasteiger partial charge in [0.25, 0.3) is 10.0 Å². The van der Waals surface area contributed by atoms with E-state index in [0.717, 1.165) is 11.4 Å². The minimum atomic E-state index is -3.64. The van der Waals surface area contributed by atoms with E-state index in [2.05, 4.69) is 20.0 Å². The van der Waals surface area contributed by atoms with Gasteiger partial charge in [-0.25, -0.2) is 13.1 Å². The van der Waals surface area contributed by atoms with E-state index >= 15 is 0 Å². The first kappa shape index (κ1) is 19.6. The Hall–Kier alpha value is -3.72. The normalized spacial score (nSPS) is 11.3. The second-order valence-corrected chi connectivity index (χ2v) is 8.30. The average Bonchev–Trinajstić information content (AvgIpc) is 3.08. The number of aromatic nitrogens is 4. The molecule has 0 fully saturated rings. The van der Waals surface area contributed by atoms with Crippen LogP contribution in [0.1, 0.15) is 11.4 Å². The summed E-state index contributed by atoms with van der Waals surface area (Å²) in [5.41, 5.74) is 2.29. The molecule has 4 rings (SSSR count).